The predicted molar refractivity (Wildman–Crippen MR) is 52.1 cm³/mol. The summed E-state index contributed by atoms with van der Waals surface area (Å²) in [5, 5.41) is 0. The molecule has 0 atom stereocenters. The lowest BCUT2D eigenvalue weighted by Crippen LogP contribution is -1.81. The molecule has 0 heterocycles. The number of alkyl halides is 1. The molecule has 74 valence electrons. The molecule has 0 N–H and O–H groups in total. The number of hydrogen-bond acceptors (Lipinski definition) is 0. The highest BCUT2D eigenvalue weighted by Crippen LogP contribution is 2.06. The Morgan fingerprint density at radius 1 is 1.15 bits per heavy atom. The molecule has 0 aliphatic heterocycles. The molecule has 1 aromatic carbocycles. The maximum absolute atomic E-state index is 12.5. The molecular weight excluding hydrogens is 170 g/mol. The van der Waals surface area contributed by atoms with Crippen LogP contribution in [0.5, 0.6) is 0 Å². The van der Waals surface area contributed by atoms with Crippen LogP contribution in [-0.2, 0) is 0 Å². The number of aryl methyl sites for hydroxylation is 2. The van der Waals surface area contributed by atoms with E-state index in [1.54, 1.807) is 13.0 Å². The zero-order chi connectivity index (χ0) is 10.4. The maximum atomic E-state index is 12.5. The fourth-order valence-electron chi connectivity index (χ4n) is 0.795. The Morgan fingerprint density at radius 3 is 1.92 bits per heavy atom. The van der Waals surface area contributed by atoms with Crippen LogP contribution >= 0.6 is 0 Å². The van der Waals surface area contributed by atoms with Gasteiger partial charge in [0.1, 0.15) is 5.82 Å². The zero-order valence-electron chi connectivity index (χ0n) is 8.57. The van der Waals surface area contributed by atoms with Gasteiger partial charge in [0.25, 0.3) is 0 Å². The van der Waals surface area contributed by atoms with Gasteiger partial charge < -0.3 is 0 Å². The highest BCUT2D eigenvalue weighted by Gasteiger charge is 1.93. The van der Waals surface area contributed by atoms with Crippen LogP contribution in [0.25, 0.3) is 0 Å². The van der Waals surface area contributed by atoms with Gasteiger partial charge >= 0.3 is 0 Å². The van der Waals surface area contributed by atoms with Crippen LogP contribution in [0, 0.1) is 19.7 Å². The van der Waals surface area contributed by atoms with Gasteiger partial charge in [-0.1, -0.05) is 17.7 Å². The van der Waals surface area contributed by atoms with E-state index in [9.17, 15) is 8.78 Å². The third kappa shape index (κ3) is 6.26. The Hall–Kier alpha value is -0.920. The highest BCUT2D eigenvalue weighted by molar-refractivity contribution is 5.22. The quantitative estimate of drug-likeness (QED) is 0.578. The smallest absolute Gasteiger partial charge is 0.126 e. The first-order valence-corrected chi connectivity index (χ1v) is 4.30. The molecule has 0 bridgehead atoms. The lowest BCUT2D eigenvalue weighted by Gasteiger charge is -1.95. The summed E-state index contributed by atoms with van der Waals surface area (Å²) in [5.41, 5.74) is 1.82. The van der Waals surface area contributed by atoms with Gasteiger partial charge in [0.05, 0.1) is 6.17 Å². The van der Waals surface area contributed by atoms with Crippen molar-refractivity contribution in [1.29, 1.82) is 0 Å². The number of hydrogen-bond donors (Lipinski definition) is 0. The van der Waals surface area contributed by atoms with Gasteiger partial charge in [0.2, 0.25) is 0 Å². The zero-order valence-corrected chi connectivity index (χ0v) is 8.57. The Bertz CT molecular complexity index is 252. The summed E-state index contributed by atoms with van der Waals surface area (Å²) < 4.78 is 23.5. The van der Waals surface area contributed by atoms with Crippen molar-refractivity contribution in [3.05, 3.63) is 35.1 Å². The first-order chi connectivity index (χ1) is 5.93. The molecule has 0 nitrogen and oxygen atoms in total. The fourth-order valence-corrected chi connectivity index (χ4v) is 0.795. The molecule has 0 fully saturated rings. The lowest BCUT2D eigenvalue weighted by molar-refractivity contribution is 0.391. The highest BCUT2D eigenvalue weighted by atomic mass is 19.1. The standard InChI is InChI=1S/C8H9F.C3H7F/c1-6-3-4-8(9)7(2)5-6;1-3(2)4/h3-5H,1-2H3;3H,1-2H3. The molecule has 0 radical (unpaired) electrons. The van der Waals surface area contributed by atoms with E-state index >= 15 is 0 Å². The molecular formula is C11H16F2. The fraction of sp³-hybridized carbons (Fsp3) is 0.455. The van der Waals surface area contributed by atoms with Crippen LogP contribution in [0.4, 0.5) is 8.78 Å². The Kier molecular flexibility index (Phi) is 5.28. The maximum Gasteiger partial charge on any atom is 0.126 e. The monoisotopic (exact) mass is 186 g/mol. The first-order valence-electron chi connectivity index (χ1n) is 4.30. The molecule has 0 amide bonds. The third-order valence-electron chi connectivity index (χ3n) is 1.31. The van der Waals surface area contributed by atoms with E-state index < -0.39 is 6.17 Å². The molecule has 1 rings (SSSR count). The normalized spacial score (nSPS) is 9.46. The van der Waals surface area contributed by atoms with E-state index in [1.807, 2.05) is 13.0 Å². The van der Waals surface area contributed by atoms with Gasteiger partial charge in [-0.15, -0.1) is 0 Å². The van der Waals surface area contributed by atoms with Crippen LogP contribution in [-0.4, -0.2) is 6.17 Å². The van der Waals surface area contributed by atoms with Gasteiger partial charge in [-0.05, 0) is 39.3 Å². The molecule has 1 aromatic rings. The average molecular weight is 186 g/mol. The predicted octanol–water partition coefficient (Wildman–Crippen LogP) is 3.81. The SMILES string of the molecule is CC(C)F.Cc1ccc(F)c(C)c1. The van der Waals surface area contributed by atoms with E-state index in [1.165, 1.54) is 19.9 Å². The van der Waals surface area contributed by atoms with Gasteiger partial charge in [-0.25, -0.2) is 8.78 Å². The Labute approximate surface area is 78.6 Å². The minimum absolute atomic E-state index is 0.124. The van der Waals surface area contributed by atoms with Gasteiger partial charge in [0, 0.05) is 0 Å². The molecule has 0 unspecified atom stereocenters. The largest absolute Gasteiger partial charge is 0.248 e. The molecule has 0 saturated heterocycles. The van der Waals surface area contributed by atoms with Crippen LogP contribution in [0.1, 0.15) is 25.0 Å². The van der Waals surface area contributed by atoms with Crippen LogP contribution < -0.4 is 0 Å². The van der Waals surface area contributed by atoms with Crippen molar-refractivity contribution in [1.82, 2.24) is 0 Å². The van der Waals surface area contributed by atoms with Crippen molar-refractivity contribution in [3.63, 3.8) is 0 Å². The lowest BCUT2D eigenvalue weighted by atomic mass is 10.1. The second-order valence-electron chi connectivity index (χ2n) is 3.27. The van der Waals surface area contributed by atoms with Gasteiger partial charge in [-0.3, -0.25) is 0 Å². The molecule has 13 heavy (non-hydrogen) atoms. The number of halogens is 2. The molecule has 0 aliphatic rings. The van der Waals surface area contributed by atoms with E-state index in [-0.39, 0.29) is 5.82 Å². The minimum Gasteiger partial charge on any atom is -0.248 e. The summed E-state index contributed by atoms with van der Waals surface area (Å²) in [6, 6.07) is 5.09. The van der Waals surface area contributed by atoms with Crippen molar-refractivity contribution in [3.8, 4) is 0 Å². The number of benzene rings is 1. The van der Waals surface area contributed by atoms with Crippen LogP contribution in [0.3, 0.4) is 0 Å². The summed E-state index contributed by atoms with van der Waals surface area (Å²) in [4.78, 5) is 0. The molecule has 0 spiro atoms. The van der Waals surface area contributed by atoms with Crippen molar-refractivity contribution in [2.45, 2.75) is 33.9 Å². The summed E-state index contributed by atoms with van der Waals surface area (Å²) in [5.74, 6) is -0.124. The van der Waals surface area contributed by atoms with Crippen molar-refractivity contribution in [2.24, 2.45) is 0 Å². The van der Waals surface area contributed by atoms with Gasteiger partial charge in [-0.2, -0.15) is 0 Å². The van der Waals surface area contributed by atoms with Crippen molar-refractivity contribution in [2.75, 3.05) is 0 Å². The van der Waals surface area contributed by atoms with Crippen molar-refractivity contribution < 1.29 is 8.78 Å². The summed E-state index contributed by atoms with van der Waals surface area (Å²) in [6.07, 6.45) is -0.667. The first kappa shape index (κ1) is 12.1. The van der Waals surface area contributed by atoms with Crippen LogP contribution in [0.15, 0.2) is 18.2 Å². The Morgan fingerprint density at radius 2 is 1.62 bits per heavy atom. The number of rotatable bonds is 0. The van der Waals surface area contributed by atoms with E-state index in [0.717, 1.165) is 11.1 Å². The van der Waals surface area contributed by atoms with E-state index in [2.05, 4.69) is 0 Å². The summed E-state index contributed by atoms with van der Waals surface area (Å²) in [6.45, 7) is 6.72. The average Bonchev–Trinajstić information content (AvgIpc) is 1.96. The van der Waals surface area contributed by atoms with E-state index in [4.69, 9.17) is 0 Å². The van der Waals surface area contributed by atoms with Crippen molar-refractivity contribution >= 4 is 0 Å². The minimum atomic E-state index is -0.667. The Balaban J connectivity index is 0.000000310. The topological polar surface area (TPSA) is 0 Å². The molecule has 0 aliphatic carbocycles. The second kappa shape index (κ2) is 5.68. The van der Waals surface area contributed by atoms with E-state index in [0.29, 0.717) is 0 Å². The summed E-state index contributed by atoms with van der Waals surface area (Å²) >= 11 is 0. The second-order valence-corrected chi connectivity index (χ2v) is 3.27. The molecule has 0 aromatic heterocycles. The molecule has 2 heteroatoms. The molecule has 0 saturated carbocycles. The van der Waals surface area contributed by atoms with Gasteiger partial charge in [0.15, 0.2) is 0 Å². The summed E-state index contributed by atoms with van der Waals surface area (Å²) in [7, 11) is 0. The van der Waals surface area contributed by atoms with Crippen LogP contribution in [0.2, 0.25) is 0 Å². The third-order valence-corrected chi connectivity index (χ3v) is 1.31.